The van der Waals surface area contributed by atoms with Gasteiger partial charge in [0.2, 0.25) is 0 Å². The van der Waals surface area contributed by atoms with Crippen LogP contribution < -0.4 is 5.01 Å². The first kappa shape index (κ1) is 11.3. The van der Waals surface area contributed by atoms with E-state index in [0.29, 0.717) is 5.69 Å². The van der Waals surface area contributed by atoms with Crippen molar-refractivity contribution in [2.45, 2.75) is 12.6 Å². The fraction of sp³-hybridized carbons (Fsp3) is 0.455. The highest BCUT2D eigenvalue weighted by Gasteiger charge is 2.32. The molecule has 0 amide bonds. The Bertz CT molecular complexity index is 401. The fourth-order valence-corrected chi connectivity index (χ4v) is 1.87. The van der Waals surface area contributed by atoms with Gasteiger partial charge in [0.25, 0.3) is 0 Å². The minimum absolute atomic E-state index is 0.589. The van der Waals surface area contributed by atoms with Gasteiger partial charge < -0.3 is 5.01 Å². The molecule has 1 aromatic rings. The summed E-state index contributed by atoms with van der Waals surface area (Å²) in [5.41, 5.74) is 1.02. The van der Waals surface area contributed by atoms with Crippen molar-refractivity contribution in [3.05, 3.63) is 29.3 Å². The summed E-state index contributed by atoms with van der Waals surface area (Å²) in [6, 6.07) is 3.94. The summed E-state index contributed by atoms with van der Waals surface area (Å²) < 4.78 is 37.6. The maximum absolute atomic E-state index is 12.5. The van der Waals surface area contributed by atoms with Crippen LogP contribution in [0.2, 0.25) is 0 Å². The summed E-state index contributed by atoms with van der Waals surface area (Å²) in [4.78, 5) is 0. The van der Waals surface area contributed by atoms with Crippen LogP contribution in [-0.4, -0.2) is 25.6 Å². The molecule has 5 heteroatoms. The van der Waals surface area contributed by atoms with Crippen LogP contribution in [0.15, 0.2) is 18.2 Å². The molecule has 2 nitrogen and oxygen atoms in total. The molecule has 1 heterocycles. The lowest BCUT2D eigenvalue weighted by molar-refractivity contribution is -0.137. The number of likely N-dealkylation sites (N-methyl/N-ethyl adjacent to an activating group) is 1. The van der Waals surface area contributed by atoms with Crippen LogP contribution in [-0.2, 0) is 12.6 Å². The van der Waals surface area contributed by atoms with Gasteiger partial charge in [0, 0.05) is 20.6 Å². The van der Waals surface area contributed by atoms with Crippen LogP contribution in [0.1, 0.15) is 11.1 Å². The lowest BCUT2D eigenvalue weighted by atomic mass is 10.0. The quantitative estimate of drug-likeness (QED) is 0.675. The van der Waals surface area contributed by atoms with Crippen molar-refractivity contribution in [3.8, 4) is 0 Å². The molecule has 0 fully saturated rings. The van der Waals surface area contributed by atoms with Gasteiger partial charge in [-0.15, -0.1) is 0 Å². The number of anilines is 1. The molecular formula is C11H13F3N2. The first-order valence-electron chi connectivity index (χ1n) is 5.04. The smallest absolute Gasteiger partial charge is 0.309 e. The molecular weight excluding hydrogens is 217 g/mol. The molecule has 0 aromatic heterocycles. The molecule has 1 aromatic carbocycles. The molecule has 1 aliphatic rings. The van der Waals surface area contributed by atoms with Crippen molar-refractivity contribution in [2.75, 3.05) is 25.6 Å². The molecule has 0 spiro atoms. The van der Waals surface area contributed by atoms with Crippen molar-refractivity contribution in [1.29, 1.82) is 0 Å². The second-order valence-corrected chi connectivity index (χ2v) is 4.00. The van der Waals surface area contributed by atoms with Gasteiger partial charge in [0.05, 0.1) is 11.3 Å². The van der Waals surface area contributed by atoms with Crippen LogP contribution in [0.3, 0.4) is 0 Å². The van der Waals surface area contributed by atoms with E-state index >= 15 is 0 Å². The lowest BCUT2D eigenvalue weighted by Gasteiger charge is -2.36. The van der Waals surface area contributed by atoms with Gasteiger partial charge in [0.1, 0.15) is 0 Å². The normalized spacial score (nSPS) is 17.4. The van der Waals surface area contributed by atoms with Gasteiger partial charge >= 0.3 is 6.18 Å². The molecule has 0 saturated carbocycles. The van der Waals surface area contributed by atoms with Crippen molar-refractivity contribution in [3.63, 3.8) is 0 Å². The molecule has 0 bridgehead atoms. The second kappa shape index (κ2) is 3.66. The van der Waals surface area contributed by atoms with Crippen molar-refractivity contribution < 1.29 is 13.2 Å². The largest absolute Gasteiger partial charge is 0.416 e. The third kappa shape index (κ3) is 1.87. The number of nitrogens with zero attached hydrogens (tertiary/aromatic N) is 2. The Balaban J connectivity index is 2.45. The van der Waals surface area contributed by atoms with E-state index in [1.165, 1.54) is 6.07 Å². The Morgan fingerprint density at radius 2 is 1.88 bits per heavy atom. The van der Waals surface area contributed by atoms with E-state index in [2.05, 4.69) is 0 Å². The molecule has 16 heavy (non-hydrogen) atoms. The summed E-state index contributed by atoms with van der Waals surface area (Å²) in [5.74, 6) is 0. The molecule has 1 aliphatic heterocycles. The van der Waals surface area contributed by atoms with E-state index in [9.17, 15) is 13.2 Å². The van der Waals surface area contributed by atoms with E-state index in [1.807, 2.05) is 12.1 Å². The average molecular weight is 230 g/mol. The monoisotopic (exact) mass is 230 g/mol. The summed E-state index contributed by atoms with van der Waals surface area (Å²) in [7, 11) is 3.64. The summed E-state index contributed by atoms with van der Waals surface area (Å²) in [6.07, 6.45) is -3.49. The third-order valence-corrected chi connectivity index (χ3v) is 2.98. The van der Waals surface area contributed by atoms with Gasteiger partial charge in [0.15, 0.2) is 0 Å². The molecule has 2 rings (SSSR count). The average Bonchev–Trinajstić information content (AvgIpc) is 2.22. The SMILES string of the molecule is CN1CCc2ccc(C(F)(F)F)cc2N1C. The first-order valence-corrected chi connectivity index (χ1v) is 5.04. The first-order chi connectivity index (χ1) is 7.39. The second-order valence-electron chi connectivity index (χ2n) is 4.00. The number of benzene rings is 1. The van der Waals surface area contributed by atoms with Crippen LogP contribution >= 0.6 is 0 Å². The van der Waals surface area contributed by atoms with E-state index in [4.69, 9.17) is 0 Å². The number of alkyl halides is 3. The number of fused-ring (bicyclic) bond motifs is 1. The topological polar surface area (TPSA) is 6.48 Å². The fourth-order valence-electron chi connectivity index (χ4n) is 1.87. The number of hydrogen-bond donors (Lipinski definition) is 0. The Morgan fingerprint density at radius 1 is 1.19 bits per heavy atom. The molecule has 88 valence electrons. The van der Waals surface area contributed by atoms with Gasteiger partial charge in [-0.05, 0) is 24.1 Å². The maximum Gasteiger partial charge on any atom is 0.416 e. The predicted molar refractivity (Wildman–Crippen MR) is 56.2 cm³/mol. The Kier molecular flexibility index (Phi) is 2.58. The summed E-state index contributed by atoms with van der Waals surface area (Å²) >= 11 is 0. The van der Waals surface area contributed by atoms with Crippen LogP contribution in [0, 0.1) is 0 Å². The standard InChI is InChI=1S/C11H13F3N2/c1-15-6-5-8-3-4-9(11(12,13)14)7-10(8)16(15)2/h3-4,7H,5-6H2,1-2H3. The highest BCUT2D eigenvalue weighted by atomic mass is 19.4. The molecule has 0 saturated heterocycles. The summed E-state index contributed by atoms with van der Waals surface area (Å²) in [5, 5.41) is 3.66. The number of hydrazine groups is 1. The van der Waals surface area contributed by atoms with Crippen LogP contribution in [0.5, 0.6) is 0 Å². The number of halogens is 3. The summed E-state index contributed by atoms with van der Waals surface area (Å²) in [6.45, 7) is 0.828. The van der Waals surface area contributed by atoms with Gasteiger partial charge in [-0.1, -0.05) is 6.07 Å². The van der Waals surface area contributed by atoms with Crippen LogP contribution in [0.4, 0.5) is 18.9 Å². The molecule has 0 N–H and O–H groups in total. The minimum Gasteiger partial charge on any atom is -0.309 e. The van der Waals surface area contributed by atoms with Gasteiger partial charge in [-0.2, -0.15) is 13.2 Å². The number of rotatable bonds is 0. The predicted octanol–water partition coefficient (Wildman–Crippen LogP) is 2.54. The highest BCUT2D eigenvalue weighted by molar-refractivity contribution is 5.56. The lowest BCUT2D eigenvalue weighted by Crippen LogP contribution is -2.42. The number of hydrogen-bond acceptors (Lipinski definition) is 2. The molecule has 0 aliphatic carbocycles. The van der Waals surface area contributed by atoms with E-state index in [-0.39, 0.29) is 0 Å². The minimum atomic E-state index is -4.27. The Labute approximate surface area is 92.2 Å². The molecule has 0 atom stereocenters. The van der Waals surface area contributed by atoms with Crippen molar-refractivity contribution >= 4 is 5.69 Å². The van der Waals surface area contributed by atoms with Crippen LogP contribution in [0.25, 0.3) is 0 Å². The molecule has 0 unspecified atom stereocenters. The van der Waals surface area contributed by atoms with Gasteiger partial charge in [-0.3, -0.25) is 0 Å². The van der Waals surface area contributed by atoms with Gasteiger partial charge in [-0.25, -0.2) is 5.01 Å². The zero-order valence-electron chi connectivity index (χ0n) is 9.17. The third-order valence-electron chi connectivity index (χ3n) is 2.98. The van der Waals surface area contributed by atoms with Crippen molar-refractivity contribution in [1.82, 2.24) is 5.01 Å². The van der Waals surface area contributed by atoms with E-state index < -0.39 is 11.7 Å². The van der Waals surface area contributed by atoms with Crippen molar-refractivity contribution in [2.24, 2.45) is 0 Å². The molecule has 0 radical (unpaired) electrons. The zero-order chi connectivity index (χ0) is 11.9. The Hall–Kier alpha value is -1.23. The van der Waals surface area contributed by atoms with E-state index in [0.717, 1.165) is 24.6 Å². The Morgan fingerprint density at radius 3 is 2.50 bits per heavy atom. The van der Waals surface area contributed by atoms with E-state index in [1.54, 1.807) is 18.1 Å². The highest BCUT2D eigenvalue weighted by Crippen LogP contribution is 2.34. The maximum atomic E-state index is 12.5. The zero-order valence-corrected chi connectivity index (χ0v) is 9.17.